The molecule has 2 aliphatic heterocycles. The normalized spacial score (nSPS) is 20.5. The van der Waals surface area contributed by atoms with Crippen molar-refractivity contribution >= 4 is 30.7 Å². The molecule has 1 N–H and O–H groups in total. The lowest BCUT2D eigenvalue weighted by Gasteiger charge is -2.42. The first-order valence-corrected chi connectivity index (χ1v) is 8.33. The first-order chi connectivity index (χ1) is 11.1. The number of piperidine rings is 1. The van der Waals surface area contributed by atoms with E-state index in [1.807, 2.05) is 17.9 Å². The molecule has 3 rings (SSSR count). The molecule has 1 amide bonds. The van der Waals surface area contributed by atoms with E-state index >= 15 is 0 Å². The maximum absolute atomic E-state index is 12.9. The highest BCUT2D eigenvalue weighted by atomic mass is 35.5. The Morgan fingerprint density at radius 3 is 2.44 bits per heavy atom. The number of carbonyl (C=O) groups is 1. The smallest absolute Gasteiger partial charge is 0.254 e. The zero-order chi connectivity index (χ0) is 16.3. The first-order valence-electron chi connectivity index (χ1n) is 8.33. The molecular weight excluding hydrogens is 367 g/mol. The van der Waals surface area contributed by atoms with Crippen LogP contribution in [0, 0.1) is 6.92 Å². The highest BCUT2D eigenvalue weighted by Gasteiger charge is 2.42. The molecule has 0 atom stereocenters. The number of carbonyl (C=O) groups excluding carboxylic acids is 1. The number of halogens is 2. The molecule has 9 heteroatoms. The van der Waals surface area contributed by atoms with Crippen LogP contribution in [0.5, 0.6) is 0 Å². The van der Waals surface area contributed by atoms with Crippen molar-refractivity contribution in [1.29, 1.82) is 0 Å². The summed E-state index contributed by atoms with van der Waals surface area (Å²) >= 11 is 0. The summed E-state index contributed by atoms with van der Waals surface area (Å²) in [6.07, 6.45) is 1.50. The molecule has 0 saturated carbocycles. The second kappa shape index (κ2) is 9.73. The van der Waals surface area contributed by atoms with E-state index in [-0.39, 0.29) is 30.7 Å². The lowest BCUT2D eigenvalue weighted by Crippen LogP contribution is -2.59. The maximum atomic E-state index is 12.9. The van der Waals surface area contributed by atoms with Crippen molar-refractivity contribution in [2.45, 2.75) is 31.9 Å². The number of hydrogen-bond acceptors (Lipinski definition) is 6. The van der Waals surface area contributed by atoms with E-state index in [1.165, 1.54) is 0 Å². The van der Waals surface area contributed by atoms with Gasteiger partial charge < -0.3 is 19.5 Å². The second-order valence-electron chi connectivity index (χ2n) is 6.45. The molecule has 0 aliphatic carbocycles. The van der Waals surface area contributed by atoms with Crippen LogP contribution in [0.3, 0.4) is 0 Å². The van der Waals surface area contributed by atoms with E-state index in [0.29, 0.717) is 0 Å². The third kappa shape index (κ3) is 5.08. The lowest BCUT2D eigenvalue weighted by molar-refractivity contribution is -0.160. The number of nitrogens with zero attached hydrogens (tertiary/aromatic N) is 3. The van der Waals surface area contributed by atoms with Gasteiger partial charge in [0.25, 0.3) is 5.91 Å². The largest absolute Gasteiger partial charge is 0.368 e. The van der Waals surface area contributed by atoms with E-state index in [0.717, 1.165) is 70.1 Å². The van der Waals surface area contributed by atoms with Gasteiger partial charge in [0.1, 0.15) is 11.4 Å². The zero-order valence-corrected chi connectivity index (χ0v) is 16.5. The van der Waals surface area contributed by atoms with E-state index in [4.69, 9.17) is 9.26 Å². The van der Waals surface area contributed by atoms with Gasteiger partial charge in [-0.25, -0.2) is 0 Å². The van der Waals surface area contributed by atoms with Gasteiger partial charge in [-0.2, -0.15) is 0 Å². The second-order valence-corrected chi connectivity index (χ2v) is 6.45. The summed E-state index contributed by atoms with van der Waals surface area (Å²) in [7, 11) is 1.66. The Kier molecular flexibility index (Phi) is 8.63. The summed E-state index contributed by atoms with van der Waals surface area (Å²) in [6, 6.07) is 1.96. The van der Waals surface area contributed by atoms with Crippen LogP contribution in [0.25, 0.3) is 0 Å². The lowest BCUT2D eigenvalue weighted by atomic mass is 9.90. The van der Waals surface area contributed by atoms with Crippen LogP contribution in [0.2, 0.25) is 0 Å². The predicted octanol–water partition coefficient (Wildman–Crippen LogP) is 1.24. The summed E-state index contributed by atoms with van der Waals surface area (Å²) < 4.78 is 10.8. The number of hydrogen-bond donors (Lipinski definition) is 1. The molecule has 7 nitrogen and oxygen atoms in total. The molecule has 0 bridgehead atoms. The van der Waals surface area contributed by atoms with Crippen LogP contribution in [0.15, 0.2) is 10.6 Å². The van der Waals surface area contributed by atoms with E-state index in [9.17, 15) is 4.79 Å². The number of aromatic nitrogens is 1. The highest BCUT2D eigenvalue weighted by molar-refractivity contribution is 5.86. The Bertz CT molecular complexity index is 541. The Morgan fingerprint density at radius 2 is 1.92 bits per heavy atom. The van der Waals surface area contributed by atoms with E-state index < -0.39 is 5.60 Å². The minimum absolute atomic E-state index is 0. The summed E-state index contributed by atoms with van der Waals surface area (Å²) in [5, 5.41) is 7.33. The fourth-order valence-corrected chi connectivity index (χ4v) is 3.45. The number of amides is 1. The Hall–Kier alpha value is -0.860. The Morgan fingerprint density at radius 1 is 1.28 bits per heavy atom. The summed E-state index contributed by atoms with van der Waals surface area (Å²) in [5.41, 5.74) is 0.324. The molecule has 1 aromatic heterocycles. The van der Waals surface area contributed by atoms with Crippen LogP contribution >= 0.6 is 24.8 Å². The predicted molar refractivity (Wildman–Crippen MR) is 99.4 cm³/mol. The number of rotatable bonds is 4. The number of aryl methyl sites for hydroxylation is 1. The molecular formula is C16H28Cl2N4O3. The van der Waals surface area contributed by atoms with Crippen LogP contribution < -0.4 is 5.32 Å². The molecule has 0 unspecified atom stereocenters. The van der Waals surface area contributed by atoms with Crippen molar-refractivity contribution in [3.8, 4) is 0 Å². The van der Waals surface area contributed by atoms with E-state index in [2.05, 4.69) is 15.4 Å². The van der Waals surface area contributed by atoms with Crippen molar-refractivity contribution < 1.29 is 14.1 Å². The van der Waals surface area contributed by atoms with Crippen molar-refractivity contribution in [2.75, 3.05) is 46.4 Å². The van der Waals surface area contributed by atoms with Crippen LogP contribution in [0.1, 0.15) is 24.3 Å². The standard InChI is InChI=1S/C16H26N4O3.2ClH/c1-13-11-14(18-23-13)12-19-7-9-20(10-8-19)15(21)16(22-2)3-5-17-6-4-16;;/h11,17H,3-10,12H2,1-2H3;2*1H. The van der Waals surface area contributed by atoms with Crippen LogP contribution in [-0.4, -0.2) is 72.8 Å². The molecule has 25 heavy (non-hydrogen) atoms. The quantitative estimate of drug-likeness (QED) is 0.827. The third-order valence-electron chi connectivity index (χ3n) is 4.91. The van der Waals surface area contributed by atoms with Gasteiger partial charge in [0, 0.05) is 45.9 Å². The average Bonchev–Trinajstić information content (AvgIpc) is 3.00. The summed E-state index contributed by atoms with van der Waals surface area (Å²) in [5.74, 6) is 0.986. The van der Waals surface area contributed by atoms with Gasteiger partial charge in [0.2, 0.25) is 0 Å². The SMILES string of the molecule is COC1(C(=O)N2CCN(Cc3cc(C)on3)CC2)CCNCC1.Cl.Cl. The van der Waals surface area contributed by atoms with Crippen molar-refractivity contribution in [3.63, 3.8) is 0 Å². The molecule has 0 aromatic carbocycles. The topological polar surface area (TPSA) is 70.8 Å². The van der Waals surface area contributed by atoms with Gasteiger partial charge in [0.05, 0.1) is 5.69 Å². The Balaban J connectivity index is 0.00000156. The van der Waals surface area contributed by atoms with E-state index in [1.54, 1.807) is 7.11 Å². The minimum atomic E-state index is -0.628. The first kappa shape index (κ1) is 22.2. The van der Waals surface area contributed by atoms with Gasteiger partial charge in [-0.05, 0) is 32.9 Å². The van der Waals surface area contributed by atoms with Crippen molar-refractivity contribution in [1.82, 2.24) is 20.3 Å². The van der Waals surface area contributed by atoms with Gasteiger partial charge in [0.15, 0.2) is 0 Å². The van der Waals surface area contributed by atoms with Gasteiger partial charge in [-0.3, -0.25) is 9.69 Å². The van der Waals surface area contributed by atoms with Gasteiger partial charge in [-0.1, -0.05) is 5.16 Å². The number of methoxy groups -OCH3 is 1. The number of ether oxygens (including phenoxy) is 1. The summed E-state index contributed by atoms with van der Waals surface area (Å²) in [6.45, 7) is 7.55. The fraction of sp³-hybridized carbons (Fsp3) is 0.750. The van der Waals surface area contributed by atoms with Crippen molar-refractivity contribution in [2.24, 2.45) is 0 Å². The zero-order valence-electron chi connectivity index (χ0n) is 14.8. The minimum Gasteiger partial charge on any atom is -0.368 e. The summed E-state index contributed by atoms with van der Waals surface area (Å²) in [4.78, 5) is 17.2. The molecule has 144 valence electrons. The van der Waals surface area contributed by atoms with Crippen LogP contribution in [-0.2, 0) is 16.1 Å². The van der Waals surface area contributed by atoms with Gasteiger partial charge >= 0.3 is 0 Å². The Labute approximate surface area is 161 Å². The highest BCUT2D eigenvalue weighted by Crippen LogP contribution is 2.26. The number of piperazine rings is 1. The fourth-order valence-electron chi connectivity index (χ4n) is 3.45. The molecule has 2 aliphatic rings. The maximum Gasteiger partial charge on any atom is 0.254 e. The third-order valence-corrected chi connectivity index (χ3v) is 4.91. The average molecular weight is 395 g/mol. The molecule has 3 heterocycles. The molecule has 0 radical (unpaired) electrons. The number of nitrogens with one attached hydrogen (secondary N) is 1. The molecule has 1 aromatic rings. The molecule has 2 fully saturated rings. The monoisotopic (exact) mass is 394 g/mol. The van der Waals surface area contributed by atoms with Crippen LogP contribution in [0.4, 0.5) is 0 Å². The molecule has 0 spiro atoms. The van der Waals surface area contributed by atoms with Crippen molar-refractivity contribution in [3.05, 3.63) is 17.5 Å². The van der Waals surface area contributed by atoms with Gasteiger partial charge in [-0.15, -0.1) is 24.8 Å². The molecule has 2 saturated heterocycles.